The van der Waals surface area contributed by atoms with Gasteiger partial charge in [-0.2, -0.15) is 0 Å². The van der Waals surface area contributed by atoms with E-state index in [4.69, 9.17) is 12.2 Å². The molecule has 1 N–H and O–H groups in total. The second-order valence-electron chi connectivity index (χ2n) is 4.15. The third-order valence-corrected chi connectivity index (χ3v) is 4.63. The molecule has 0 unspecified atom stereocenters. The van der Waals surface area contributed by atoms with Gasteiger partial charge in [-0.25, -0.2) is 9.37 Å². The smallest absolute Gasteiger partial charge is 0.178 e. The number of nitrogens with zero attached hydrogens (tertiary/aromatic N) is 2. The standard InChI is InChI=1S/C12H9BrFN3S2/c1-6-15-4-7(19-6)5-17-11-3-9(14)8(13)2-10(11)16-12(17)18/h2-4H,5H2,1H3,(H,16,18). The molecule has 3 rings (SSSR count). The minimum Gasteiger partial charge on any atom is -0.331 e. The van der Waals surface area contributed by atoms with E-state index in [9.17, 15) is 4.39 Å². The van der Waals surface area contributed by atoms with Crippen molar-refractivity contribution in [2.24, 2.45) is 0 Å². The highest BCUT2D eigenvalue weighted by Gasteiger charge is 2.10. The summed E-state index contributed by atoms with van der Waals surface area (Å²) in [7, 11) is 0. The summed E-state index contributed by atoms with van der Waals surface area (Å²) < 4.78 is 16.6. The average Bonchev–Trinajstić information content (AvgIpc) is 2.87. The van der Waals surface area contributed by atoms with Crippen molar-refractivity contribution in [3.8, 4) is 0 Å². The molecule has 0 radical (unpaired) electrons. The topological polar surface area (TPSA) is 33.6 Å². The van der Waals surface area contributed by atoms with Crippen LogP contribution < -0.4 is 0 Å². The summed E-state index contributed by atoms with van der Waals surface area (Å²) in [5.41, 5.74) is 1.58. The van der Waals surface area contributed by atoms with Gasteiger partial charge in [-0.3, -0.25) is 0 Å². The number of H-pyrrole nitrogens is 1. The molecule has 1 aromatic carbocycles. The van der Waals surface area contributed by atoms with E-state index in [0.29, 0.717) is 15.8 Å². The van der Waals surface area contributed by atoms with Crippen molar-refractivity contribution in [2.45, 2.75) is 13.5 Å². The number of halogens is 2. The van der Waals surface area contributed by atoms with Gasteiger partial charge in [0.05, 0.1) is 27.1 Å². The summed E-state index contributed by atoms with van der Waals surface area (Å²) in [6.45, 7) is 2.56. The van der Waals surface area contributed by atoms with Gasteiger partial charge in [0.25, 0.3) is 0 Å². The molecule has 0 spiro atoms. The molecule has 3 nitrogen and oxygen atoms in total. The van der Waals surface area contributed by atoms with Gasteiger partial charge in [-0.1, -0.05) is 0 Å². The van der Waals surface area contributed by atoms with Crippen molar-refractivity contribution < 1.29 is 4.39 Å². The van der Waals surface area contributed by atoms with Crippen LogP contribution in [-0.4, -0.2) is 14.5 Å². The largest absolute Gasteiger partial charge is 0.331 e. The van der Waals surface area contributed by atoms with Gasteiger partial charge in [0.15, 0.2) is 4.77 Å². The Morgan fingerprint density at radius 3 is 3.00 bits per heavy atom. The molecule has 0 amide bonds. The van der Waals surface area contributed by atoms with Crippen LogP contribution in [-0.2, 0) is 6.54 Å². The molecule has 98 valence electrons. The van der Waals surface area contributed by atoms with Crippen molar-refractivity contribution in [3.63, 3.8) is 0 Å². The van der Waals surface area contributed by atoms with E-state index in [-0.39, 0.29) is 5.82 Å². The number of rotatable bonds is 2. The maximum Gasteiger partial charge on any atom is 0.178 e. The summed E-state index contributed by atoms with van der Waals surface area (Å²) >= 11 is 10.1. The number of aromatic amines is 1. The fraction of sp³-hybridized carbons (Fsp3) is 0.167. The molecule has 19 heavy (non-hydrogen) atoms. The minimum absolute atomic E-state index is 0.296. The first-order chi connectivity index (χ1) is 9.04. The zero-order valence-electron chi connectivity index (χ0n) is 9.91. The lowest BCUT2D eigenvalue weighted by Crippen LogP contribution is -1.98. The monoisotopic (exact) mass is 357 g/mol. The second kappa shape index (κ2) is 4.81. The summed E-state index contributed by atoms with van der Waals surface area (Å²) in [4.78, 5) is 8.40. The molecule has 0 atom stereocenters. The maximum absolute atomic E-state index is 13.7. The Hall–Kier alpha value is -1.05. The van der Waals surface area contributed by atoms with Crippen molar-refractivity contribution in [3.05, 3.63) is 43.3 Å². The number of imidazole rings is 1. The van der Waals surface area contributed by atoms with Crippen LogP contribution >= 0.6 is 39.5 Å². The zero-order chi connectivity index (χ0) is 13.6. The van der Waals surface area contributed by atoms with E-state index in [1.165, 1.54) is 6.07 Å². The first-order valence-corrected chi connectivity index (χ1v) is 7.55. The van der Waals surface area contributed by atoms with Crippen LogP contribution in [0.25, 0.3) is 11.0 Å². The Kier molecular flexibility index (Phi) is 3.28. The molecule has 3 aromatic rings. The molecule has 0 fully saturated rings. The zero-order valence-corrected chi connectivity index (χ0v) is 13.1. The van der Waals surface area contributed by atoms with Gasteiger partial charge >= 0.3 is 0 Å². The Morgan fingerprint density at radius 1 is 1.53 bits per heavy atom. The summed E-state index contributed by atoms with van der Waals surface area (Å²) in [6.07, 6.45) is 1.83. The Bertz CT molecular complexity index is 818. The number of nitrogens with one attached hydrogen (secondary N) is 1. The number of aryl methyl sites for hydroxylation is 1. The van der Waals surface area contributed by atoms with E-state index >= 15 is 0 Å². The van der Waals surface area contributed by atoms with Gasteiger partial charge in [0, 0.05) is 17.1 Å². The van der Waals surface area contributed by atoms with E-state index < -0.39 is 0 Å². The molecule has 0 bridgehead atoms. The number of fused-ring (bicyclic) bond motifs is 1. The SMILES string of the molecule is Cc1ncc(Cn2c(=S)[nH]c3cc(Br)c(F)cc32)s1. The predicted octanol–water partition coefficient (Wildman–Crippen LogP) is 4.41. The molecule has 2 heterocycles. The number of benzene rings is 1. The highest BCUT2D eigenvalue weighted by atomic mass is 79.9. The first-order valence-electron chi connectivity index (χ1n) is 5.53. The Morgan fingerprint density at radius 2 is 2.32 bits per heavy atom. The molecule has 2 aromatic heterocycles. The average molecular weight is 358 g/mol. The van der Waals surface area contributed by atoms with Gasteiger partial charge in [0.2, 0.25) is 0 Å². The van der Waals surface area contributed by atoms with E-state index in [1.54, 1.807) is 17.4 Å². The van der Waals surface area contributed by atoms with Gasteiger partial charge < -0.3 is 9.55 Å². The van der Waals surface area contributed by atoms with Crippen molar-refractivity contribution >= 4 is 50.5 Å². The fourth-order valence-electron chi connectivity index (χ4n) is 1.94. The lowest BCUT2D eigenvalue weighted by Gasteiger charge is -2.02. The van der Waals surface area contributed by atoms with Crippen molar-refractivity contribution in [1.29, 1.82) is 0 Å². The van der Waals surface area contributed by atoms with Crippen molar-refractivity contribution in [1.82, 2.24) is 14.5 Å². The van der Waals surface area contributed by atoms with Crippen LogP contribution in [0.3, 0.4) is 0 Å². The lowest BCUT2D eigenvalue weighted by molar-refractivity contribution is 0.622. The summed E-state index contributed by atoms with van der Waals surface area (Å²) in [5.74, 6) is -0.296. The second-order valence-corrected chi connectivity index (χ2v) is 6.71. The van der Waals surface area contributed by atoms with Gasteiger partial charge in [-0.05, 0) is 41.1 Å². The van der Waals surface area contributed by atoms with Gasteiger partial charge in [-0.15, -0.1) is 11.3 Å². The number of hydrogen-bond donors (Lipinski definition) is 1. The summed E-state index contributed by atoms with van der Waals surface area (Å²) in [6, 6.07) is 3.19. The van der Waals surface area contributed by atoms with Crippen molar-refractivity contribution in [2.75, 3.05) is 0 Å². The molecule has 0 saturated heterocycles. The fourth-order valence-corrected chi connectivity index (χ4v) is 3.34. The van der Waals surface area contributed by atoms with E-state index in [0.717, 1.165) is 20.9 Å². The number of aromatic nitrogens is 3. The molecule has 0 aliphatic rings. The van der Waals surface area contributed by atoms with Crippen LogP contribution in [0.2, 0.25) is 0 Å². The van der Waals surface area contributed by atoms with Crippen LogP contribution in [0.5, 0.6) is 0 Å². The lowest BCUT2D eigenvalue weighted by atomic mass is 10.3. The van der Waals surface area contributed by atoms with Gasteiger partial charge in [0.1, 0.15) is 5.82 Å². The molecule has 0 aliphatic carbocycles. The minimum atomic E-state index is -0.296. The van der Waals surface area contributed by atoms with Crippen LogP contribution in [0.4, 0.5) is 4.39 Å². The quantitative estimate of drug-likeness (QED) is 0.689. The van der Waals surface area contributed by atoms with Crippen LogP contribution in [0.1, 0.15) is 9.88 Å². The molecular weight excluding hydrogens is 349 g/mol. The van der Waals surface area contributed by atoms with E-state index in [2.05, 4.69) is 25.9 Å². The Balaban J connectivity index is 2.15. The predicted molar refractivity (Wildman–Crippen MR) is 80.7 cm³/mol. The van der Waals surface area contributed by atoms with Crippen LogP contribution in [0.15, 0.2) is 22.8 Å². The highest BCUT2D eigenvalue weighted by molar-refractivity contribution is 9.10. The third kappa shape index (κ3) is 2.37. The normalized spacial score (nSPS) is 11.3. The first kappa shape index (κ1) is 13.0. The number of thiazole rings is 1. The maximum atomic E-state index is 13.7. The number of hydrogen-bond acceptors (Lipinski definition) is 3. The molecule has 0 aliphatic heterocycles. The Labute approximate surface area is 126 Å². The highest BCUT2D eigenvalue weighted by Crippen LogP contribution is 2.24. The van der Waals surface area contributed by atoms with Crippen LogP contribution in [0, 0.1) is 17.5 Å². The third-order valence-electron chi connectivity index (χ3n) is 2.80. The molecular formula is C12H9BrFN3S2. The summed E-state index contributed by atoms with van der Waals surface area (Å²) in [5, 5.41) is 1.01. The molecule has 7 heteroatoms. The molecule has 0 saturated carbocycles. The van der Waals surface area contributed by atoms with E-state index in [1.807, 2.05) is 17.7 Å².